The predicted molar refractivity (Wildman–Crippen MR) is 83.6 cm³/mol. The number of anilines is 1. The number of rotatable bonds is 5. The van der Waals surface area contributed by atoms with E-state index in [-0.39, 0.29) is 5.91 Å². The van der Waals surface area contributed by atoms with Crippen LogP contribution >= 0.6 is 0 Å². The number of hydrogen-bond donors (Lipinski definition) is 0. The Labute approximate surface area is 126 Å². The zero-order valence-corrected chi connectivity index (χ0v) is 13.2. The first kappa shape index (κ1) is 15.7. The third kappa shape index (κ3) is 4.14. The van der Waals surface area contributed by atoms with Crippen LogP contribution in [0.2, 0.25) is 0 Å². The molecule has 1 aliphatic heterocycles. The molecule has 0 radical (unpaired) electrons. The van der Waals surface area contributed by atoms with Crippen molar-refractivity contribution >= 4 is 11.7 Å². The number of amides is 1. The van der Waals surface area contributed by atoms with E-state index in [9.17, 15) is 4.79 Å². The minimum atomic E-state index is -0.0154. The number of piperazine rings is 1. The van der Waals surface area contributed by atoms with Gasteiger partial charge in [-0.2, -0.15) is 0 Å². The molecule has 116 valence electrons. The summed E-state index contributed by atoms with van der Waals surface area (Å²) in [5, 5.41) is 8.29. The molecule has 0 aromatic carbocycles. The number of aromatic nitrogens is 2. The van der Waals surface area contributed by atoms with Crippen molar-refractivity contribution in [2.45, 2.75) is 19.8 Å². The van der Waals surface area contributed by atoms with E-state index in [2.05, 4.69) is 34.0 Å². The van der Waals surface area contributed by atoms with Gasteiger partial charge in [0.1, 0.15) is 0 Å². The molecule has 0 aliphatic carbocycles. The first-order chi connectivity index (χ1) is 10.1. The number of unbranched alkanes of at least 4 members (excludes halogenated alkanes) is 1. The van der Waals surface area contributed by atoms with Gasteiger partial charge < -0.3 is 14.7 Å². The summed E-state index contributed by atoms with van der Waals surface area (Å²) in [4.78, 5) is 18.5. The Morgan fingerprint density at radius 1 is 1.24 bits per heavy atom. The largest absolute Gasteiger partial charge is 0.358 e. The highest BCUT2D eigenvalue weighted by molar-refractivity contribution is 5.92. The number of carbonyl (C=O) groups is 1. The molecule has 21 heavy (non-hydrogen) atoms. The van der Waals surface area contributed by atoms with Crippen molar-refractivity contribution in [3.05, 3.63) is 17.8 Å². The standard InChI is InChI=1S/C15H25N5O/c1-4-5-8-19(3)14-7-6-13(16-17-14)15(21)20-11-9-18(2)10-12-20/h6-7H,4-5,8-12H2,1-3H3. The second kappa shape index (κ2) is 7.36. The zero-order valence-electron chi connectivity index (χ0n) is 13.2. The van der Waals surface area contributed by atoms with Crippen LogP contribution in [0.3, 0.4) is 0 Å². The Hall–Kier alpha value is -1.69. The molecule has 0 bridgehead atoms. The Bertz CT molecular complexity index is 454. The molecule has 1 saturated heterocycles. The van der Waals surface area contributed by atoms with E-state index in [0.29, 0.717) is 5.69 Å². The highest BCUT2D eigenvalue weighted by Gasteiger charge is 2.21. The van der Waals surface area contributed by atoms with Crippen LogP contribution < -0.4 is 4.90 Å². The summed E-state index contributed by atoms with van der Waals surface area (Å²) >= 11 is 0. The molecule has 6 nitrogen and oxygen atoms in total. The minimum absolute atomic E-state index is 0.0154. The fraction of sp³-hybridized carbons (Fsp3) is 0.667. The quantitative estimate of drug-likeness (QED) is 0.813. The summed E-state index contributed by atoms with van der Waals surface area (Å²) in [6, 6.07) is 3.66. The lowest BCUT2D eigenvalue weighted by molar-refractivity contribution is 0.0657. The first-order valence-corrected chi connectivity index (χ1v) is 7.64. The van der Waals surface area contributed by atoms with Crippen molar-refractivity contribution in [1.82, 2.24) is 20.0 Å². The summed E-state index contributed by atoms with van der Waals surface area (Å²) in [7, 11) is 4.07. The monoisotopic (exact) mass is 291 g/mol. The molecular formula is C15H25N5O. The van der Waals surface area contributed by atoms with Crippen molar-refractivity contribution in [3.8, 4) is 0 Å². The van der Waals surface area contributed by atoms with Gasteiger partial charge in [0.05, 0.1) is 0 Å². The maximum absolute atomic E-state index is 12.4. The van der Waals surface area contributed by atoms with Gasteiger partial charge in [0.15, 0.2) is 11.5 Å². The van der Waals surface area contributed by atoms with Crippen molar-refractivity contribution in [2.75, 3.05) is 51.7 Å². The van der Waals surface area contributed by atoms with E-state index in [1.54, 1.807) is 6.07 Å². The van der Waals surface area contributed by atoms with E-state index >= 15 is 0 Å². The molecule has 2 heterocycles. The zero-order chi connectivity index (χ0) is 15.2. The van der Waals surface area contributed by atoms with E-state index in [1.165, 1.54) is 0 Å². The predicted octanol–water partition coefficient (Wildman–Crippen LogP) is 1.10. The molecule has 1 fully saturated rings. The van der Waals surface area contributed by atoms with Crippen LogP contribution in [0.1, 0.15) is 30.3 Å². The maximum atomic E-state index is 12.4. The average Bonchev–Trinajstić information content (AvgIpc) is 2.53. The van der Waals surface area contributed by atoms with Gasteiger partial charge in [-0.25, -0.2) is 0 Å². The number of carbonyl (C=O) groups excluding carboxylic acids is 1. The SMILES string of the molecule is CCCCN(C)c1ccc(C(=O)N2CCN(C)CC2)nn1. The van der Waals surface area contributed by atoms with Crippen molar-refractivity contribution < 1.29 is 4.79 Å². The van der Waals surface area contributed by atoms with Gasteiger partial charge in [0.25, 0.3) is 5.91 Å². The Morgan fingerprint density at radius 3 is 2.52 bits per heavy atom. The fourth-order valence-electron chi connectivity index (χ4n) is 2.32. The summed E-state index contributed by atoms with van der Waals surface area (Å²) < 4.78 is 0. The molecule has 1 aromatic heterocycles. The molecule has 0 unspecified atom stereocenters. The molecule has 1 aromatic rings. The Morgan fingerprint density at radius 2 is 1.95 bits per heavy atom. The van der Waals surface area contributed by atoms with E-state index < -0.39 is 0 Å². The molecule has 0 atom stereocenters. The molecule has 1 amide bonds. The smallest absolute Gasteiger partial charge is 0.274 e. The fourth-order valence-corrected chi connectivity index (χ4v) is 2.32. The molecule has 0 spiro atoms. The number of nitrogens with zero attached hydrogens (tertiary/aromatic N) is 5. The third-order valence-electron chi connectivity index (χ3n) is 3.90. The van der Waals surface area contributed by atoms with Crippen LogP contribution in [0.15, 0.2) is 12.1 Å². The van der Waals surface area contributed by atoms with E-state index in [4.69, 9.17) is 0 Å². The Balaban J connectivity index is 1.96. The van der Waals surface area contributed by atoms with Gasteiger partial charge in [0, 0.05) is 39.8 Å². The highest BCUT2D eigenvalue weighted by Crippen LogP contribution is 2.11. The Kier molecular flexibility index (Phi) is 5.50. The van der Waals surface area contributed by atoms with Gasteiger partial charge in [-0.05, 0) is 25.6 Å². The van der Waals surface area contributed by atoms with Crippen molar-refractivity contribution in [3.63, 3.8) is 0 Å². The molecule has 1 aliphatic rings. The third-order valence-corrected chi connectivity index (χ3v) is 3.90. The van der Waals surface area contributed by atoms with Crippen LogP contribution in [-0.4, -0.2) is 72.7 Å². The maximum Gasteiger partial charge on any atom is 0.274 e. The van der Waals surface area contributed by atoms with E-state index in [1.807, 2.05) is 18.0 Å². The molecule has 0 N–H and O–H groups in total. The topological polar surface area (TPSA) is 52.6 Å². The van der Waals surface area contributed by atoms with Gasteiger partial charge in [-0.15, -0.1) is 10.2 Å². The van der Waals surface area contributed by atoms with Gasteiger partial charge >= 0.3 is 0 Å². The second-order valence-electron chi connectivity index (χ2n) is 5.65. The van der Waals surface area contributed by atoms with Crippen molar-refractivity contribution in [2.24, 2.45) is 0 Å². The molecular weight excluding hydrogens is 266 g/mol. The first-order valence-electron chi connectivity index (χ1n) is 7.64. The van der Waals surface area contributed by atoms with Crippen LogP contribution in [0.25, 0.3) is 0 Å². The number of likely N-dealkylation sites (N-methyl/N-ethyl adjacent to an activating group) is 1. The average molecular weight is 291 g/mol. The summed E-state index contributed by atoms with van der Waals surface area (Å²) in [6.07, 6.45) is 2.28. The lowest BCUT2D eigenvalue weighted by Crippen LogP contribution is -2.47. The summed E-state index contributed by atoms with van der Waals surface area (Å²) in [5.41, 5.74) is 0.437. The molecule has 6 heteroatoms. The normalized spacial score (nSPS) is 16.0. The lowest BCUT2D eigenvalue weighted by Gasteiger charge is -2.32. The molecule has 0 saturated carbocycles. The minimum Gasteiger partial charge on any atom is -0.358 e. The van der Waals surface area contributed by atoms with Crippen molar-refractivity contribution in [1.29, 1.82) is 0 Å². The van der Waals surface area contributed by atoms with Crippen LogP contribution in [0, 0.1) is 0 Å². The number of hydrogen-bond acceptors (Lipinski definition) is 5. The van der Waals surface area contributed by atoms with Crippen LogP contribution in [0.5, 0.6) is 0 Å². The molecule has 2 rings (SSSR count). The van der Waals surface area contributed by atoms with Crippen LogP contribution in [0.4, 0.5) is 5.82 Å². The van der Waals surface area contributed by atoms with E-state index in [0.717, 1.165) is 51.4 Å². The van der Waals surface area contributed by atoms with Gasteiger partial charge in [-0.1, -0.05) is 13.3 Å². The lowest BCUT2D eigenvalue weighted by atomic mass is 10.2. The highest BCUT2D eigenvalue weighted by atomic mass is 16.2. The summed E-state index contributed by atoms with van der Waals surface area (Å²) in [6.45, 7) is 6.46. The van der Waals surface area contributed by atoms with Gasteiger partial charge in [-0.3, -0.25) is 4.79 Å². The summed E-state index contributed by atoms with van der Waals surface area (Å²) in [5.74, 6) is 0.803. The second-order valence-corrected chi connectivity index (χ2v) is 5.65. The van der Waals surface area contributed by atoms with Gasteiger partial charge in [0.2, 0.25) is 0 Å². The van der Waals surface area contributed by atoms with Crippen LogP contribution in [-0.2, 0) is 0 Å².